The molecule has 1 aromatic carbocycles. The van der Waals surface area contributed by atoms with E-state index < -0.39 is 12.1 Å². The fourth-order valence-corrected chi connectivity index (χ4v) is 2.59. The number of carbonyl (C=O) groups is 2. The Morgan fingerprint density at radius 3 is 2.74 bits per heavy atom. The average Bonchev–Trinajstić information content (AvgIpc) is 2.54. The molecule has 0 aliphatic carbocycles. The molecule has 0 aromatic heterocycles. The molecule has 6 nitrogen and oxygen atoms in total. The molecule has 1 heterocycles. The molecule has 0 radical (unpaired) electrons. The van der Waals surface area contributed by atoms with E-state index in [1.807, 2.05) is 31.2 Å². The molecule has 23 heavy (non-hydrogen) atoms. The number of benzene rings is 1. The molecular formula is C17H23NO5. The highest BCUT2D eigenvalue weighted by molar-refractivity contribution is 5.76. The van der Waals surface area contributed by atoms with Crippen LogP contribution in [0.3, 0.4) is 0 Å². The summed E-state index contributed by atoms with van der Waals surface area (Å²) in [6.07, 6.45) is 0.596. The quantitative estimate of drug-likeness (QED) is 0.827. The SMILES string of the molecule is CCOc1ccc(CCC(=O)N2CCO[C@@H](CC(=O)O)C2)cc1. The maximum absolute atomic E-state index is 12.3. The predicted octanol–water partition coefficient (Wildman–Crippen LogP) is 1.72. The average molecular weight is 321 g/mol. The summed E-state index contributed by atoms with van der Waals surface area (Å²) in [6.45, 7) is 3.85. The van der Waals surface area contributed by atoms with Gasteiger partial charge >= 0.3 is 5.97 Å². The summed E-state index contributed by atoms with van der Waals surface area (Å²) in [4.78, 5) is 24.7. The zero-order valence-electron chi connectivity index (χ0n) is 13.4. The zero-order chi connectivity index (χ0) is 16.7. The van der Waals surface area contributed by atoms with Crippen LogP contribution in [-0.4, -0.2) is 54.3 Å². The van der Waals surface area contributed by atoms with Crippen molar-refractivity contribution in [2.75, 3.05) is 26.3 Å². The first-order valence-corrected chi connectivity index (χ1v) is 7.91. The lowest BCUT2D eigenvalue weighted by atomic mass is 10.1. The van der Waals surface area contributed by atoms with E-state index in [4.69, 9.17) is 14.6 Å². The lowest BCUT2D eigenvalue weighted by Crippen LogP contribution is -2.46. The predicted molar refractivity (Wildman–Crippen MR) is 84.5 cm³/mol. The minimum absolute atomic E-state index is 0.0394. The number of carboxylic acid groups (broad SMARTS) is 1. The van der Waals surface area contributed by atoms with Gasteiger partial charge in [0.05, 0.1) is 25.7 Å². The fraction of sp³-hybridized carbons (Fsp3) is 0.529. The molecule has 1 aromatic rings. The summed E-state index contributed by atoms with van der Waals surface area (Å²) < 4.78 is 10.8. The van der Waals surface area contributed by atoms with Crippen molar-refractivity contribution >= 4 is 11.9 Å². The Hall–Kier alpha value is -2.08. The number of hydrogen-bond donors (Lipinski definition) is 1. The van der Waals surface area contributed by atoms with E-state index in [9.17, 15) is 9.59 Å². The smallest absolute Gasteiger partial charge is 0.306 e. The van der Waals surface area contributed by atoms with Crippen LogP contribution in [0.5, 0.6) is 5.75 Å². The number of nitrogens with zero attached hydrogens (tertiary/aromatic N) is 1. The number of carboxylic acids is 1. The number of hydrogen-bond acceptors (Lipinski definition) is 4. The number of morpholine rings is 1. The van der Waals surface area contributed by atoms with Crippen LogP contribution in [0.25, 0.3) is 0 Å². The summed E-state index contributed by atoms with van der Waals surface area (Å²) in [5.41, 5.74) is 1.08. The van der Waals surface area contributed by atoms with Crippen LogP contribution < -0.4 is 4.74 Å². The third kappa shape index (κ3) is 5.56. The van der Waals surface area contributed by atoms with Crippen LogP contribution in [0.4, 0.5) is 0 Å². The molecule has 0 saturated carbocycles. The Balaban J connectivity index is 1.80. The molecule has 1 aliphatic heterocycles. The first kappa shape index (κ1) is 17.3. The van der Waals surface area contributed by atoms with Crippen molar-refractivity contribution in [3.63, 3.8) is 0 Å². The third-order valence-corrected chi connectivity index (χ3v) is 3.76. The summed E-state index contributed by atoms with van der Waals surface area (Å²) in [7, 11) is 0. The van der Waals surface area contributed by atoms with Crippen LogP contribution in [0.1, 0.15) is 25.3 Å². The number of rotatable bonds is 7. The molecule has 1 saturated heterocycles. The normalized spacial score (nSPS) is 17.8. The van der Waals surface area contributed by atoms with Crippen molar-refractivity contribution in [2.24, 2.45) is 0 Å². The van der Waals surface area contributed by atoms with E-state index in [0.717, 1.165) is 11.3 Å². The van der Waals surface area contributed by atoms with Crippen molar-refractivity contribution in [1.82, 2.24) is 4.90 Å². The van der Waals surface area contributed by atoms with E-state index in [1.54, 1.807) is 4.90 Å². The second-order valence-corrected chi connectivity index (χ2v) is 5.51. The van der Waals surface area contributed by atoms with Crippen LogP contribution in [-0.2, 0) is 20.7 Å². The van der Waals surface area contributed by atoms with Gasteiger partial charge in [-0.1, -0.05) is 12.1 Å². The van der Waals surface area contributed by atoms with E-state index in [-0.39, 0.29) is 12.3 Å². The summed E-state index contributed by atoms with van der Waals surface area (Å²) >= 11 is 0. The second-order valence-electron chi connectivity index (χ2n) is 5.51. The van der Waals surface area contributed by atoms with Gasteiger partial charge < -0.3 is 19.5 Å². The highest BCUT2D eigenvalue weighted by Crippen LogP contribution is 2.15. The molecule has 1 N–H and O–H groups in total. The van der Waals surface area contributed by atoms with Crippen molar-refractivity contribution < 1.29 is 24.2 Å². The Labute approximate surface area is 136 Å². The third-order valence-electron chi connectivity index (χ3n) is 3.76. The highest BCUT2D eigenvalue weighted by atomic mass is 16.5. The van der Waals surface area contributed by atoms with Gasteiger partial charge in [0, 0.05) is 19.5 Å². The molecule has 0 unspecified atom stereocenters. The standard InChI is InChI=1S/C17H23NO5/c1-2-22-14-6-3-13(4-7-14)5-8-16(19)18-9-10-23-15(12-18)11-17(20)21/h3-4,6-7,15H,2,5,8-12H2,1H3,(H,20,21)/t15-/m0/s1. The molecule has 0 spiro atoms. The summed E-state index contributed by atoms with van der Waals surface area (Å²) in [6, 6.07) is 7.73. The molecule has 1 atom stereocenters. The van der Waals surface area contributed by atoms with Crippen LogP contribution in [0.2, 0.25) is 0 Å². The van der Waals surface area contributed by atoms with E-state index in [2.05, 4.69) is 0 Å². The Morgan fingerprint density at radius 1 is 1.35 bits per heavy atom. The van der Waals surface area contributed by atoms with Crippen LogP contribution in [0, 0.1) is 0 Å². The van der Waals surface area contributed by atoms with E-state index >= 15 is 0 Å². The second kappa shape index (κ2) is 8.53. The molecule has 0 bridgehead atoms. The molecule has 1 amide bonds. The first-order chi connectivity index (χ1) is 11.1. The molecule has 2 rings (SSSR count). The number of aryl methyl sites for hydroxylation is 1. The maximum atomic E-state index is 12.3. The van der Waals surface area contributed by atoms with Gasteiger partial charge in [0.2, 0.25) is 5.91 Å². The molecule has 6 heteroatoms. The fourth-order valence-electron chi connectivity index (χ4n) is 2.59. The molecule has 1 aliphatic rings. The van der Waals surface area contributed by atoms with Gasteiger partial charge in [-0.25, -0.2) is 0 Å². The largest absolute Gasteiger partial charge is 0.494 e. The number of aliphatic carboxylic acids is 1. The first-order valence-electron chi connectivity index (χ1n) is 7.91. The van der Waals surface area contributed by atoms with Crippen molar-refractivity contribution in [1.29, 1.82) is 0 Å². The van der Waals surface area contributed by atoms with E-state index in [0.29, 0.717) is 39.1 Å². The monoisotopic (exact) mass is 321 g/mol. The Bertz CT molecular complexity index is 528. The van der Waals surface area contributed by atoms with Gasteiger partial charge in [0.1, 0.15) is 5.75 Å². The van der Waals surface area contributed by atoms with Crippen LogP contribution >= 0.6 is 0 Å². The zero-order valence-corrected chi connectivity index (χ0v) is 13.4. The van der Waals surface area contributed by atoms with Crippen LogP contribution in [0.15, 0.2) is 24.3 Å². The Kier molecular flexibility index (Phi) is 6.40. The van der Waals surface area contributed by atoms with Crippen molar-refractivity contribution in [3.05, 3.63) is 29.8 Å². The van der Waals surface area contributed by atoms with Gasteiger partial charge in [-0.2, -0.15) is 0 Å². The molecule has 126 valence electrons. The van der Waals surface area contributed by atoms with Crippen molar-refractivity contribution in [3.8, 4) is 5.75 Å². The lowest BCUT2D eigenvalue weighted by Gasteiger charge is -2.32. The van der Waals surface area contributed by atoms with Gasteiger partial charge in [0.25, 0.3) is 0 Å². The van der Waals surface area contributed by atoms with Gasteiger partial charge in [-0.05, 0) is 31.0 Å². The molecular weight excluding hydrogens is 298 g/mol. The summed E-state index contributed by atoms with van der Waals surface area (Å²) in [5.74, 6) is -0.0384. The van der Waals surface area contributed by atoms with Gasteiger partial charge in [-0.15, -0.1) is 0 Å². The van der Waals surface area contributed by atoms with Gasteiger partial charge in [0.15, 0.2) is 0 Å². The van der Waals surface area contributed by atoms with Gasteiger partial charge in [-0.3, -0.25) is 9.59 Å². The topological polar surface area (TPSA) is 76.1 Å². The maximum Gasteiger partial charge on any atom is 0.306 e. The van der Waals surface area contributed by atoms with E-state index in [1.165, 1.54) is 0 Å². The minimum Gasteiger partial charge on any atom is -0.494 e. The number of amides is 1. The lowest BCUT2D eigenvalue weighted by molar-refractivity contribution is -0.147. The number of ether oxygens (including phenoxy) is 2. The number of carbonyl (C=O) groups excluding carboxylic acids is 1. The Morgan fingerprint density at radius 2 is 2.09 bits per heavy atom. The highest BCUT2D eigenvalue weighted by Gasteiger charge is 2.25. The summed E-state index contributed by atoms with van der Waals surface area (Å²) in [5, 5.41) is 8.81. The minimum atomic E-state index is -0.904. The van der Waals surface area contributed by atoms with Crippen molar-refractivity contribution in [2.45, 2.75) is 32.3 Å². The molecule has 1 fully saturated rings.